The summed E-state index contributed by atoms with van der Waals surface area (Å²) in [6, 6.07) is 20.4. The van der Waals surface area contributed by atoms with Gasteiger partial charge >= 0.3 is 0 Å². The second-order valence-corrected chi connectivity index (χ2v) is 8.57. The van der Waals surface area contributed by atoms with Gasteiger partial charge in [-0.25, -0.2) is 15.0 Å². The summed E-state index contributed by atoms with van der Waals surface area (Å²) >= 11 is 1.52. The van der Waals surface area contributed by atoms with Crippen molar-refractivity contribution < 1.29 is 5.11 Å². The Morgan fingerprint density at radius 3 is 2.43 bits per heavy atom. The van der Waals surface area contributed by atoms with Crippen LogP contribution in [0.2, 0.25) is 0 Å². The van der Waals surface area contributed by atoms with Crippen LogP contribution in [0.25, 0.3) is 21.6 Å². The zero-order chi connectivity index (χ0) is 20.3. The Balaban J connectivity index is 1.32. The molecule has 0 spiro atoms. The maximum atomic E-state index is 9.68. The molecule has 0 radical (unpaired) electrons. The van der Waals surface area contributed by atoms with Crippen molar-refractivity contribution in [3.05, 3.63) is 60.7 Å². The van der Waals surface area contributed by atoms with E-state index < -0.39 is 0 Å². The van der Waals surface area contributed by atoms with E-state index in [-0.39, 0.29) is 6.10 Å². The summed E-state index contributed by atoms with van der Waals surface area (Å²) < 4.78 is 0. The molecule has 30 heavy (non-hydrogen) atoms. The molecule has 3 N–H and O–H groups in total. The lowest BCUT2D eigenvalue weighted by molar-refractivity contribution is 0.126. The van der Waals surface area contributed by atoms with E-state index in [1.165, 1.54) is 11.3 Å². The predicted molar refractivity (Wildman–Crippen MR) is 122 cm³/mol. The van der Waals surface area contributed by atoms with Crippen molar-refractivity contribution in [2.45, 2.75) is 37.8 Å². The lowest BCUT2D eigenvalue weighted by atomic mass is 9.93. The molecule has 0 atom stereocenters. The van der Waals surface area contributed by atoms with Crippen LogP contribution in [0.4, 0.5) is 16.8 Å². The second kappa shape index (κ2) is 8.38. The summed E-state index contributed by atoms with van der Waals surface area (Å²) in [5.74, 6) is 1.59. The quantitative estimate of drug-likeness (QED) is 0.413. The predicted octanol–water partition coefficient (Wildman–Crippen LogP) is 5.21. The molecule has 0 saturated heterocycles. The van der Waals surface area contributed by atoms with E-state index in [0.29, 0.717) is 6.04 Å². The molecular weight excluding hydrogens is 394 g/mol. The third kappa shape index (κ3) is 4.27. The Hall–Kier alpha value is -3.03. The minimum absolute atomic E-state index is 0.154. The molecule has 5 rings (SSSR count). The SMILES string of the molecule is OC1CCC(Nc2cccc(Nc3nc4ccc(-c5ccccc5)nc4s3)n2)CC1. The van der Waals surface area contributed by atoms with Crippen LogP contribution in [0, 0.1) is 0 Å². The van der Waals surface area contributed by atoms with Crippen LogP contribution in [-0.2, 0) is 0 Å². The fourth-order valence-corrected chi connectivity index (χ4v) is 4.61. The van der Waals surface area contributed by atoms with Gasteiger partial charge in [-0.1, -0.05) is 47.7 Å². The minimum atomic E-state index is -0.154. The smallest absolute Gasteiger partial charge is 0.190 e. The Kier molecular flexibility index (Phi) is 5.29. The zero-order valence-electron chi connectivity index (χ0n) is 16.5. The van der Waals surface area contributed by atoms with Gasteiger partial charge in [0.15, 0.2) is 5.13 Å². The van der Waals surface area contributed by atoms with Crippen LogP contribution in [0.1, 0.15) is 25.7 Å². The largest absolute Gasteiger partial charge is 0.393 e. The Morgan fingerprint density at radius 2 is 1.60 bits per heavy atom. The third-order valence-electron chi connectivity index (χ3n) is 5.36. The van der Waals surface area contributed by atoms with Gasteiger partial charge < -0.3 is 15.7 Å². The molecule has 1 aromatic carbocycles. The molecule has 7 heteroatoms. The van der Waals surface area contributed by atoms with Gasteiger partial charge in [0, 0.05) is 11.6 Å². The van der Waals surface area contributed by atoms with Crippen LogP contribution >= 0.6 is 11.3 Å². The van der Waals surface area contributed by atoms with E-state index in [1.807, 2.05) is 48.5 Å². The van der Waals surface area contributed by atoms with Gasteiger partial charge in [0.05, 0.1) is 11.8 Å². The number of aliphatic hydroxyl groups is 1. The van der Waals surface area contributed by atoms with Gasteiger partial charge in [-0.15, -0.1) is 0 Å². The number of aromatic nitrogens is 3. The van der Waals surface area contributed by atoms with E-state index in [9.17, 15) is 5.11 Å². The van der Waals surface area contributed by atoms with Gasteiger partial charge in [-0.05, 0) is 49.9 Å². The van der Waals surface area contributed by atoms with Crippen LogP contribution in [0.5, 0.6) is 0 Å². The minimum Gasteiger partial charge on any atom is -0.393 e. The molecule has 152 valence electrons. The molecule has 1 fully saturated rings. The first-order valence-electron chi connectivity index (χ1n) is 10.2. The highest BCUT2D eigenvalue weighted by Crippen LogP contribution is 2.29. The van der Waals surface area contributed by atoms with Crippen molar-refractivity contribution in [3.8, 4) is 11.3 Å². The van der Waals surface area contributed by atoms with Crippen molar-refractivity contribution in [1.82, 2.24) is 15.0 Å². The molecule has 3 heterocycles. The fourth-order valence-electron chi connectivity index (χ4n) is 3.76. The topological polar surface area (TPSA) is 83.0 Å². The van der Waals surface area contributed by atoms with E-state index in [2.05, 4.69) is 32.7 Å². The van der Waals surface area contributed by atoms with Crippen LogP contribution < -0.4 is 10.6 Å². The second-order valence-electron chi connectivity index (χ2n) is 7.59. The first-order valence-corrected chi connectivity index (χ1v) is 11.1. The number of nitrogens with zero attached hydrogens (tertiary/aromatic N) is 3. The van der Waals surface area contributed by atoms with Gasteiger partial charge in [0.25, 0.3) is 0 Å². The number of fused-ring (bicyclic) bond motifs is 1. The summed E-state index contributed by atoms with van der Waals surface area (Å²) in [6.07, 6.45) is 3.47. The van der Waals surface area contributed by atoms with Crippen LogP contribution in [0.3, 0.4) is 0 Å². The Bertz CT molecular complexity index is 1140. The van der Waals surface area contributed by atoms with Gasteiger partial charge in [-0.2, -0.15) is 0 Å². The fraction of sp³-hybridized carbons (Fsp3) is 0.261. The van der Waals surface area contributed by atoms with E-state index in [4.69, 9.17) is 4.98 Å². The van der Waals surface area contributed by atoms with Crippen molar-refractivity contribution in [2.75, 3.05) is 10.6 Å². The number of rotatable bonds is 5. The maximum absolute atomic E-state index is 9.68. The molecule has 4 aromatic rings. The molecule has 6 nitrogen and oxygen atoms in total. The molecule has 0 aliphatic heterocycles. The first-order chi connectivity index (χ1) is 14.7. The van der Waals surface area contributed by atoms with E-state index in [1.54, 1.807) is 0 Å². The van der Waals surface area contributed by atoms with Gasteiger partial charge in [0.2, 0.25) is 0 Å². The normalized spacial score (nSPS) is 19.0. The van der Waals surface area contributed by atoms with Crippen LogP contribution in [-0.4, -0.2) is 32.2 Å². The molecule has 0 bridgehead atoms. The Labute approximate surface area is 179 Å². The molecule has 3 aromatic heterocycles. The average molecular weight is 418 g/mol. The number of hydrogen-bond acceptors (Lipinski definition) is 7. The number of pyridine rings is 2. The standard InChI is InChI=1S/C23H23N5OS/c29-17-11-9-16(10-12-17)24-20-7-4-8-21(27-20)28-23-26-19-14-13-18(25-22(19)30-23)15-5-2-1-3-6-15/h1-8,13-14,16-17,29H,9-12H2,(H2,24,26,27,28). The first kappa shape index (κ1) is 19.0. The summed E-state index contributed by atoms with van der Waals surface area (Å²) in [6.45, 7) is 0. The highest BCUT2D eigenvalue weighted by molar-refractivity contribution is 7.21. The molecule has 1 saturated carbocycles. The summed E-state index contributed by atoms with van der Waals surface area (Å²) in [4.78, 5) is 15.0. The Morgan fingerprint density at radius 1 is 0.800 bits per heavy atom. The van der Waals surface area contributed by atoms with E-state index >= 15 is 0 Å². The number of aliphatic hydroxyl groups excluding tert-OH is 1. The van der Waals surface area contributed by atoms with Crippen molar-refractivity contribution in [2.24, 2.45) is 0 Å². The zero-order valence-corrected chi connectivity index (χ0v) is 17.3. The summed E-state index contributed by atoms with van der Waals surface area (Å²) in [5, 5.41) is 17.3. The summed E-state index contributed by atoms with van der Waals surface area (Å²) in [5.41, 5.74) is 2.91. The van der Waals surface area contributed by atoms with Gasteiger partial charge in [0.1, 0.15) is 22.0 Å². The third-order valence-corrected chi connectivity index (χ3v) is 6.24. The van der Waals surface area contributed by atoms with E-state index in [0.717, 1.165) is 64.1 Å². The average Bonchev–Trinajstić information content (AvgIpc) is 3.17. The number of anilines is 3. The molecule has 1 aliphatic carbocycles. The maximum Gasteiger partial charge on any atom is 0.190 e. The lowest BCUT2D eigenvalue weighted by Gasteiger charge is -2.26. The molecular formula is C23H23N5OS. The highest BCUT2D eigenvalue weighted by atomic mass is 32.1. The number of nitrogens with one attached hydrogen (secondary N) is 2. The number of benzene rings is 1. The van der Waals surface area contributed by atoms with Crippen molar-refractivity contribution in [1.29, 1.82) is 0 Å². The van der Waals surface area contributed by atoms with Gasteiger partial charge in [-0.3, -0.25) is 0 Å². The van der Waals surface area contributed by atoms with Crippen molar-refractivity contribution in [3.63, 3.8) is 0 Å². The molecule has 1 aliphatic rings. The lowest BCUT2D eigenvalue weighted by Crippen LogP contribution is -2.28. The molecule has 0 amide bonds. The van der Waals surface area contributed by atoms with Crippen LogP contribution in [0.15, 0.2) is 60.7 Å². The molecule has 0 unspecified atom stereocenters. The summed E-state index contributed by atoms with van der Waals surface area (Å²) in [7, 11) is 0. The number of hydrogen-bond donors (Lipinski definition) is 3. The number of thiazole rings is 1. The highest BCUT2D eigenvalue weighted by Gasteiger charge is 2.19. The monoisotopic (exact) mass is 417 g/mol. The van der Waals surface area contributed by atoms with Crippen molar-refractivity contribution >= 4 is 38.5 Å².